The number of carbonyl (C=O) groups is 2. The van der Waals surface area contributed by atoms with Crippen LogP contribution in [0.25, 0.3) is 0 Å². The van der Waals surface area contributed by atoms with Crippen LogP contribution in [0, 0.1) is 13.8 Å². The van der Waals surface area contributed by atoms with Gasteiger partial charge < -0.3 is 40.2 Å². The zero-order valence-electron chi connectivity index (χ0n) is 54.4. The number of phenolic OH excluding ortho intramolecular Hbond substituents is 2. The number of rotatable bonds is 26. The second-order valence-electron chi connectivity index (χ2n) is 21.1. The zero-order chi connectivity index (χ0) is 65.9. The average Bonchev–Trinajstić information content (AvgIpc) is 0.841. The number of carbonyl (C=O) groups excluding carboxylic acids is 2. The zero-order valence-corrected chi connectivity index (χ0v) is 59.1. The van der Waals surface area contributed by atoms with E-state index >= 15 is 0 Å². The smallest absolute Gasteiger partial charge is 0.545 e. The van der Waals surface area contributed by atoms with Crippen molar-refractivity contribution in [1.82, 2.24) is 0 Å². The van der Waals surface area contributed by atoms with E-state index in [9.17, 15) is 40.2 Å². The summed E-state index contributed by atoms with van der Waals surface area (Å²) in [7, 11) is 0. The summed E-state index contributed by atoms with van der Waals surface area (Å²) >= 11 is 0. The average molecular weight is 1540 g/mol. The summed E-state index contributed by atoms with van der Waals surface area (Å²) in [6.45, 7) is 11.7. The van der Waals surface area contributed by atoms with E-state index in [1.54, 1.807) is 38.7 Å². The molecule has 14 nitrogen and oxygen atoms in total. The molecule has 500 valence electrons. The Bertz CT molecular complexity index is 3310. The summed E-state index contributed by atoms with van der Waals surface area (Å²) in [4.78, 5) is 48.8. The first kappa shape index (κ1) is 83.9. The van der Waals surface area contributed by atoms with Gasteiger partial charge in [-0.3, -0.25) is 30.0 Å². The first-order valence-corrected chi connectivity index (χ1v) is 31.3. The van der Waals surface area contributed by atoms with E-state index in [4.69, 9.17) is 9.98 Å². The van der Waals surface area contributed by atoms with Gasteiger partial charge in [0.15, 0.2) is 23.0 Å². The van der Waals surface area contributed by atoms with Gasteiger partial charge in [-0.25, -0.2) is 0 Å². The Balaban J connectivity index is 0.000000600. The van der Waals surface area contributed by atoms with E-state index < -0.39 is 34.9 Å². The third-order valence-corrected chi connectivity index (χ3v) is 13.8. The number of nitrogens with zero attached hydrogens (tertiary/aromatic N) is 6. The van der Waals surface area contributed by atoms with Crippen LogP contribution in [-0.4, -0.2) is 68.6 Å². The van der Waals surface area contributed by atoms with Crippen molar-refractivity contribution in [1.29, 1.82) is 0 Å². The number of carboxylic acids is 2. The van der Waals surface area contributed by atoms with Crippen molar-refractivity contribution in [2.45, 2.75) is 138 Å². The number of para-hydroxylation sites is 6. The number of phenols is 4. The fourth-order valence-electron chi connectivity index (χ4n) is 9.24. The summed E-state index contributed by atoms with van der Waals surface area (Å²) < 4.78 is 0. The van der Waals surface area contributed by atoms with Gasteiger partial charge in [0.05, 0.1) is 57.5 Å². The van der Waals surface area contributed by atoms with E-state index in [1.165, 1.54) is 81.3 Å². The Morgan fingerprint density at radius 2 is 0.606 bits per heavy atom. The van der Waals surface area contributed by atoms with Gasteiger partial charge in [-0.1, -0.05) is 195 Å². The van der Waals surface area contributed by atoms with Crippen LogP contribution in [0.2, 0.25) is 0 Å². The van der Waals surface area contributed by atoms with Crippen molar-refractivity contribution in [3.63, 3.8) is 0 Å². The maximum absolute atomic E-state index is 10.8. The van der Waals surface area contributed by atoms with Crippen molar-refractivity contribution >= 4 is 82.3 Å². The minimum absolute atomic E-state index is 0. The van der Waals surface area contributed by atoms with Crippen LogP contribution in [0.4, 0.5) is 34.1 Å². The second kappa shape index (κ2) is 50.4. The summed E-state index contributed by atoms with van der Waals surface area (Å²) in [5.41, 5.74) is 9.87. The largest absolute Gasteiger partial charge is 2.00 e. The molecule has 0 amide bonds. The summed E-state index contributed by atoms with van der Waals surface area (Å²) in [5.74, 6) is -4.99. The number of aliphatic imine (C=N–C) groups is 6. The number of hydrogen-bond donors (Lipinski definition) is 4. The molecule has 8 rings (SSSR count). The van der Waals surface area contributed by atoms with Gasteiger partial charge in [-0.05, 0) is 160 Å². The van der Waals surface area contributed by atoms with Crippen LogP contribution < -0.4 is 10.2 Å². The minimum atomic E-state index is -1.46. The predicted molar refractivity (Wildman–Crippen MR) is 373 cm³/mol. The number of aryl methyl sites for hydroxylation is 2. The Kier molecular flexibility index (Phi) is 45.0. The molecule has 0 unspecified atom stereocenters. The predicted octanol–water partition coefficient (Wildman–Crippen LogP) is 17.9. The third-order valence-electron chi connectivity index (χ3n) is 13.8. The van der Waals surface area contributed by atoms with E-state index in [-0.39, 0.29) is 72.4 Å². The van der Waals surface area contributed by atoms with Gasteiger partial charge in [-0.15, -0.1) is 0 Å². The molecule has 8 aromatic rings. The molecule has 0 aliphatic rings. The van der Waals surface area contributed by atoms with Crippen LogP contribution in [-0.2, 0) is 74.1 Å². The maximum Gasteiger partial charge on any atom is 2.00 e. The van der Waals surface area contributed by atoms with Crippen LogP contribution in [0.15, 0.2) is 224 Å². The first-order chi connectivity index (χ1) is 44.2. The molecular formula is C77H88N6O8Pd3+4. The van der Waals surface area contributed by atoms with E-state index in [2.05, 4.69) is 82.3 Å². The number of aromatic carboxylic acids is 2. The topological polar surface area (TPSA) is 235 Å². The molecule has 0 aromatic heterocycles. The SMILES string of the molecule is C(C=Nc1ccccc1)=Nc1ccccc1.C(C=Nc1ccccc1)=Nc1ccccc1.CCCCCCCCC(=Nc1ccccc1)C(CCCCC)=Nc1ccccc1.CCCc1c(C)cc(O)c(O)c1C(=O)[O-].CCCc1c(C)cc(O)c(O)c1C(=O)[O-].[Pd+2].[Pd+2].[Pd+2]. The monoisotopic (exact) mass is 1540 g/mol. The van der Waals surface area contributed by atoms with Gasteiger partial charge in [0.1, 0.15) is 0 Å². The van der Waals surface area contributed by atoms with Gasteiger partial charge in [0, 0.05) is 36.0 Å². The number of carboxylic acid groups (broad SMARTS) is 2. The number of benzene rings is 8. The Hall–Kier alpha value is -8.09. The summed E-state index contributed by atoms with van der Waals surface area (Å²) in [6.07, 6.45) is 22.8. The maximum atomic E-state index is 10.8. The van der Waals surface area contributed by atoms with Crippen LogP contribution in [0.1, 0.15) is 154 Å². The Labute approximate surface area is 597 Å². The van der Waals surface area contributed by atoms with E-state index in [0.29, 0.717) is 35.1 Å². The molecule has 0 atom stereocenters. The Morgan fingerprint density at radius 1 is 0.362 bits per heavy atom. The molecule has 17 heteroatoms. The Morgan fingerprint density at radius 3 is 0.872 bits per heavy atom. The van der Waals surface area contributed by atoms with Crippen molar-refractivity contribution in [3.05, 3.63) is 228 Å². The molecule has 0 spiro atoms. The molecule has 94 heavy (non-hydrogen) atoms. The quantitative estimate of drug-likeness (QED) is 0.0176. The third kappa shape index (κ3) is 32.7. The van der Waals surface area contributed by atoms with Crippen molar-refractivity contribution in [2.24, 2.45) is 30.0 Å². The van der Waals surface area contributed by atoms with E-state index in [1.807, 2.05) is 147 Å². The molecule has 4 N–H and O–H groups in total. The van der Waals surface area contributed by atoms with Gasteiger partial charge >= 0.3 is 61.3 Å². The molecule has 0 heterocycles. The normalized spacial score (nSPS) is 10.9. The number of aromatic hydroxyl groups is 4. The fourth-order valence-corrected chi connectivity index (χ4v) is 9.24. The number of hydrogen-bond acceptors (Lipinski definition) is 14. The second-order valence-corrected chi connectivity index (χ2v) is 21.1. The molecule has 8 aromatic carbocycles. The van der Waals surface area contributed by atoms with E-state index in [0.717, 1.165) is 59.8 Å². The molecule has 0 radical (unpaired) electrons. The minimum Gasteiger partial charge on any atom is -0.545 e. The van der Waals surface area contributed by atoms with Gasteiger partial charge in [0.2, 0.25) is 0 Å². The molecule has 0 aliphatic heterocycles. The van der Waals surface area contributed by atoms with Gasteiger partial charge in [-0.2, -0.15) is 0 Å². The van der Waals surface area contributed by atoms with Crippen molar-refractivity contribution in [3.8, 4) is 23.0 Å². The van der Waals surface area contributed by atoms with Crippen LogP contribution in [0.3, 0.4) is 0 Å². The van der Waals surface area contributed by atoms with Crippen molar-refractivity contribution in [2.75, 3.05) is 0 Å². The molecule has 0 saturated heterocycles. The standard InChI is InChI=1S/C27H38N2.2C14H12N2.2C11H14O4.3Pd/c1-3-5-7-8-9-17-23-27(29-25-20-15-11-16-21-25)26(22-12-6-4-2)28-24-18-13-10-14-19-24;2*1-3-7-13(8-4-1)15-11-12-16-14-9-5-2-6-10-14;2*1-3-4-7-6(2)5-8(12)10(13)9(7)11(14)15;;;/h10-11,13-16,18-21H,3-9,12,17,22-23H2,1-2H3;2*1-12H;2*5,12-13H,3-4H2,1-2H3,(H,14,15);;;/q;;;;;3*+2/p-2. The first-order valence-electron chi connectivity index (χ1n) is 31.3. The van der Waals surface area contributed by atoms with Crippen LogP contribution in [0.5, 0.6) is 23.0 Å². The number of unbranched alkanes of at least 4 members (excludes halogenated alkanes) is 7. The summed E-state index contributed by atoms with van der Waals surface area (Å²) in [6, 6.07) is 62.6. The molecule has 0 bridgehead atoms. The fraction of sp³-hybridized carbons (Fsp3) is 0.273. The molecule has 0 fully saturated rings. The summed E-state index contributed by atoms with van der Waals surface area (Å²) in [5, 5.41) is 59.1. The molecule has 0 saturated carbocycles. The van der Waals surface area contributed by atoms with Crippen molar-refractivity contribution < 1.29 is 101 Å². The van der Waals surface area contributed by atoms with Gasteiger partial charge in [0.25, 0.3) is 0 Å². The molecular weight excluding hydrogens is 1460 g/mol. The molecule has 0 aliphatic carbocycles. The van der Waals surface area contributed by atoms with Crippen LogP contribution >= 0.6 is 0 Å².